The van der Waals surface area contributed by atoms with Crippen molar-refractivity contribution >= 4 is 0 Å². The van der Waals surface area contributed by atoms with Crippen LogP contribution in [-0.2, 0) is 4.74 Å². The molecule has 0 bridgehead atoms. The molecule has 3 nitrogen and oxygen atoms in total. The second-order valence-corrected chi connectivity index (χ2v) is 4.12. The summed E-state index contributed by atoms with van der Waals surface area (Å²) in [5, 5.41) is 3.18. The first kappa shape index (κ1) is 10.9. The molecule has 3 heteroatoms. The van der Waals surface area contributed by atoms with E-state index in [2.05, 4.69) is 28.4 Å². The third kappa shape index (κ3) is 2.91. The van der Waals surface area contributed by atoms with E-state index in [1.54, 1.807) is 0 Å². The van der Waals surface area contributed by atoms with Crippen LogP contribution in [0.2, 0.25) is 0 Å². The summed E-state index contributed by atoms with van der Waals surface area (Å²) in [5.41, 5.74) is 1.40. The maximum absolute atomic E-state index is 5.36. The Labute approximate surface area is 91.8 Å². The van der Waals surface area contributed by atoms with Gasteiger partial charge in [0, 0.05) is 25.7 Å². The van der Waals surface area contributed by atoms with E-state index >= 15 is 0 Å². The normalized spacial score (nSPS) is 27.8. The van der Waals surface area contributed by atoms with E-state index in [1.807, 2.05) is 7.05 Å². The van der Waals surface area contributed by atoms with Gasteiger partial charge in [0.25, 0.3) is 0 Å². The topological polar surface area (TPSA) is 24.5 Å². The van der Waals surface area contributed by atoms with E-state index in [1.165, 1.54) is 5.57 Å². The average molecular weight is 208 g/mol. The predicted molar refractivity (Wildman–Crippen MR) is 61.9 cm³/mol. The summed E-state index contributed by atoms with van der Waals surface area (Å²) in [4.78, 5) is 2.51. The van der Waals surface area contributed by atoms with Crippen LogP contribution in [0.4, 0.5) is 0 Å². The molecule has 0 aromatic carbocycles. The molecular weight excluding hydrogens is 188 g/mol. The molecule has 0 spiro atoms. The smallest absolute Gasteiger partial charge is 0.0594 e. The Morgan fingerprint density at radius 3 is 2.87 bits per heavy atom. The van der Waals surface area contributed by atoms with Gasteiger partial charge in [-0.05, 0) is 19.0 Å². The van der Waals surface area contributed by atoms with Crippen molar-refractivity contribution < 1.29 is 4.74 Å². The zero-order chi connectivity index (χ0) is 10.5. The van der Waals surface area contributed by atoms with Gasteiger partial charge < -0.3 is 10.1 Å². The number of morpholine rings is 1. The monoisotopic (exact) mass is 208 g/mol. The van der Waals surface area contributed by atoms with Crippen molar-refractivity contribution in [1.29, 1.82) is 0 Å². The van der Waals surface area contributed by atoms with Gasteiger partial charge in [0.1, 0.15) is 0 Å². The molecule has 1 unspecified atom stereocenters. The summed E-state index contributed by atoms with van der Waals surface area (Å²) in [5.74, 6) is 0. The van der Waals surface area contributed by atoms with Gasteiger partial charge in [0.2, 0.25) is 0 Å². The summed E-state index contributed by atoms with van der Waals surface area (Å²) in [6.07, 6.45) is 8.07. The lowest BCUT2D eigenvalue weighted by atomic mass is 10.0. The molecule has 0 saturated carbocycles. The van der Waals surface area contributed by atoms with Crippen molar-refractivity contribution in [2.75, 3.05) is 39.9 Å². The van der Waals surface area contributed by atoms with Crippen molar-refractivity contribution in [2.45, 2.75) is 12.5 Å². The maximum atomic E-state index is 5.36. The Kier molecular flexibility index (Phi) is 3.94. The zero-order valence-corrected chi connectivity index (χ0v) is 9.41. The highest BCUT2D eigenvalue weighted by Crippen LogP contribution is 2.16. The lowest BCUT2D eigenvalue weighted by molar-refractivity contribution is 0.0259. The summed E-state index contributed by atoms with van der Waals surface area (Å²) in [7, 11) is 1.99. The molecule has 1 N–H and O–H groups in total. The SMILES string of the molecule is CNCC1=CCC(N2CCOCC2)C=C1. The first-order chi connectivity index (χ1) is 7.40. The Morgan fingerprint density at radius 1 is 1.47 bits per heavy atom. The standard InChI is InChI=1S/C12H20N2O/c1-13-10-11-2-4-12(5-3-11)14-6-8-15-9-7-14/h2-4,12-13H,5-10H2,1H3. The van der Waals surface area contributed by atoms with E-state index in [0.717, 1.165) is 39.3 Å². The van der Waals surface area contributed by atoms with Crippen molar-refractivity contribution in [3.05, 3.63) is 23.8 Å². The number of nitrogens with one attached hydrogen (secondary N) is 1. The third-order valence-electron chi connectivity index (χ3n) is 3.05. The largest absolute Gasteiger partial charge is 0.379 e. The van der Waals surface area contributed by atoms with E-state index in [4.69, 9.17) is 4.74 Å². The van der Waals surface area contributed by atoms with Gasteiger partial charge in [0.05, 0.1) is 13.2 Å². The van der Waals surface area contributed by atoms with Crippen LogP contribution in [0.1, 0.15) is 6.42 Å². The zero-order valence-electron chi connectivity index (χ0n) is 9.41. The van der Waals surface area contributed by atoms with E-state index in [9.17, 15) is 0 Å². The maximum Gasteiger partial charge on any atom is 0.0594 e. The molecule has 84 valence electrons. The van der Waals surface area contributed by atoms with Gasteiger partial charge in [-0.2, -0.15) is 0 Å². The Balaban J connectivity index is 1.85. The fourth-order valence-corrected chi connectivity index (χ4v) is 2.17. The van der Waals surface area contributed by atoms with Crippen LogP contribution in [0.15, 0.2) is 23.8 Å². The van der Waals surface area contributed by atoms with Crippen molar-refractivity contribution in [2.24, 2.45) is 0 Å². The van der Waals surface area contributed by atoms with Crippen molar-refractivity contribution in [1.82, 2.24) is 10.2 Å². The van der Waals surface area contributed by atoms with Crippen LogP contribution in [-0.4, -0.2) is 50.8 Å². The number of rotatable bonds is 3. The summed E-state index contributed by atoms with van der Waals surface area (Å²) < 4.78 is 5.36. The molecule has 2 aliphatic rings. The molecule has 0 aromatic rings. The van der Waals surface area contributed by atoms with E-state index in [-0.39, 0.29) is 0 Å². The average Bonchev–Trinajstić information content (AvgIpc) is 2.32. The molecule has 15 heavy (non-hydrogen) atoms. The second kappa shape index (κ2) is 5.45. The predicted octanol–water partition coefficient (Wildman–Crippen LogP) is 0.793. The van der Waals surface area contributed by atoms with Gasteiger partial charge in [0.15, 0.2) is 0 Å². The Morgan fingerprint density at radius 2 is 2.27 bits per heavy atom. The Hall–Kier alpha value is -0.640. The van der Waals surface area contributed by atoms with E-state index in [0.29, 0.717) is 6.04 Å². The molecule has 1 fully saturated rings. The van der Waals surface area contributed by atoms with E-state index < -0.39 is 0 Å². The lowest BCUT2D eigenvalue weighted by Crippen LogP contribution is -2.43. The number of likely N-dealkylation sites (N-methyl/N-ethyl adjacent to an activating group) is 1. The molecule has 0 aromatic heterocycles. The summed E-state index contributed by atoms with van der Waals surface area (Å²) in [6, 6.07) is 0.592. The van der Waals surface area contributed by atoms with Crippen LogP contribution < -0.4 is 5.32 Å². The van der Waals surface area contributed by atoms with Gasteiger partial charge in [-0.25, -0.2) is 0 Å². The van der Waals surface area contributed by atoms with Crippen LogP contribution in [0.5, 0.6) is 0 Å². The second-order valence-electron chi connectivity index (χ2n) is 4.12. The Bertz CT molecular complexity index is 254. The van der Waals surface area contributed by atoms with Crippen LogP contribution in [0.25, 0.3) is 0 Å². The molecule has 1 saturated heterocycles. The highest BCUT2D eigenvalue weighted by atomic mass is 16.5. The first-order valence-corrected chi connectivity index (χ1v) is 5.74. The minimum absolute atomic E-state index is 0.592. The number of hydrogen-bond donors (Lipinski definition) is 1. The third-order valence-corrected chi connectivity index (χ3v) is 3.05. The van der Waals surface area contributed by atoms with Crippen molar-refractivity contribution in [3.8, 4) is 0 Å². The van der Waals surface area contributed by atoms with Crippen LogP contribution in [0.3, 0.4) is 0 Å². The number of nitrogens with zero attached hydrogens (tertiary/aromatic N) is 1. The number of ether oxygens (including phenoxy) is 1. The van der Waals surface area contributed by atoms with Gasteiger partial charge in [-0.3, -0.25) is 4.90 Å². The number of hydrogen-bond acceptors (Lipinski definition) is 3. The van der Waals surface area contributed by atoms with Crippen LogP contribution in [0, 0.1) is 0 Å². The molecule has 2 rings (SSSR count). The molecule has 0 radical (unpaired) electrons. The minimum atomic E-state index is 0.592. The molecule has 1 heterocycles. The quantitative estimate of drug-likeness (QED) is 0.742. The molecule has 0 amide bonds. The van der Waals surface area contributed by atoms with Gasteiger partial charge >= 0.3 is 0 Å². The van der Waals surface area contributed by atoms with Gasteiger partial charge in [-0.1, -0.05) is 18.2 Å². The minimum Gasteiger partial charge on any atom is -0.379 e. The molecular formula is C12H20N2O. The van der Waals surface area contributed by atoms with Gasteiger partial charge in [-0.15, -0.1) is 0 Å². The molecule has 1 aliphatic heterocycles. The molecule has 1 atom stereocenters. The van der Waals surface area contributed by atoms with Crippen LogP contribution >= 0.6 is 0 Å². The summed E-state index contributed by atoms with van der Waals surface area (Å²) >= 11 is 0. The first-order valence-electron chi connectivity index (χ1n) is 5.74. The highest BCUT2D eigenvalue weighted by Gasteiger charge is 2.19. The lowest BCUT2D eigenvalue weighted by Gasteiger charge is -2.33. The van der Waals surface area contributed by atoms with Crippen molar-refractivity contribution in [3.63, 3.8) is 0 Å². The molecule has 1 aliphatic carbocycles. The summed E-state index contributed by atoms with van der Waals surface area (Å²) in [6.45, 7) is 4.90. The fraction of sp³-hybridized carbons (Fsp3) is 0.667. The highest BCUT2D eigenvalue weighted by molar-refractivity contribution is 5.26. The fourth-order valence-electron chi connectivity index (χ4n) is 2.17.